The van der Waals surface area contributed by atoms with Gasteiger partial charge in [0.1, 0.15) is 0 Å². The summed E-state index contributed by atoms with van der Waals surface area (Å²) in [5, 5.41) is 7.14. The summed E-state index contributed by atoms with van der Waals surface area (Å²) in [7, 11) is 4.48. The van der Waals surface area contributed by atoms with Crippen LogP contribution in [-0.2, 0) is 0 Å². The average molecular weight is 240 g/mol. The topological polar surface area (TPSA) is 30.5 Å². The first kappa shape index (κ1) is 13.3. The molecule has 0 aromatic rings. The molecule has 0 spiro atoms. The van der Waals surface area contributed by atoms with Crippen LogP contribution >= 0.6 is 0 Å². The van der Waals surface area contributed by atoms with Crippen molar-refractivity contribution in [1.29, 1.82) is 0 Å². The Bertz CT molecular complexity index is 221. The molecule has 0 bridgehead atoms. The fourth-order valence-electron chi connectivity index (χ4n) is 2.98. The zero-order valence-corrected chi connectivity index (χ0v) is 11.4. The molecule has 0 saturated carbocycles. The lowest BCUT2D eigenvalue weighted by molar-refractivity contribution is 0.180. The normalized spacial score (nSPS) is 32.8. The Kier molecular flexibility index (Phi) is 5.22. The highest BCUT2D eigenvalue weighted by atomic mass is 15.2. The largest absolute Gasteiger partial charge is 0.315 e. The average Bonchev–Trinajstić information content (AvgIpc) is 2.32. The Balaban J connectivity index is 1.61. The first-order valence-corrected chi connectivity index (χ1v) is 7.06. The molecule has 0 aromatic heterocycles. The second kappa shape index (κ2) is 6.69. The van der Waals surface area contributed by atoms with E-state index in [0.29, 0.717) is 6.04 Å². The molecule has 2 atom stereocenters. The van der Waals surface area contributed by atoms with E-state index < -0.39 is 0 Å². The number of likely N-dealkylation sites (N-methyl/N-ethyl adjacent to an activating group) is 1. The molecule has 0 aromatic carbocycles. The predicted octanol–water partition coefficient (Wildman–Crippen LogP) is -0.179. The van der Waals surface area contributed by atoms with Crippen LogP contribution in [0.5, 0.6) is 0 Å². The molecule has 2 aliphatic rings. The van der Waals surface area contributed by atoms with Crippen LogP contribution in [-0.4, -0.2) is 75.8 Å². The molecule has 0 radical (unpaired) electrons. The number of hydrogen-bond acceptors (Lipinski definition) is 4. The van der Waals surface area contributed by atoms with Crippen LogP contribution in [0, 0.1) is 5.92 Å². The molecule has 2 N–H and O–H groups in total. The molecule has 100 valence electrons. The fourth-order valence-corrected chi connectivity index (χ4v) is 2.98. The van der Waals surface area contributed by atoms with E-state index in [1.165, 1.54) is 39.0 Å². The van der Waals surface area contributed by atoms with E-state index in [-0.39, 0.29) is 0 Å². The van der Waals surface area contributed by atoms with Gasteiger partial charge in [0.15, 0.2) is 0 Å². The van der Waals surface area contributed by atoms with Crippen LogP contribution in [0.3, 0.4) is 0 Å². The molecule has 2 unspecified atom stereocenters. The van der Waals surface area contributed by atoms with Gasteiger partial charge in [-0.1, -0.05) is 0 Å². The lowest BCUT2D eigenvalue weighted by Crippen LogP contribution is -2.53. The lowest BCUT2D eigenvalue weighted by Gasteiger charge is -2.34. The van der Waals surface area contributed by atoms with E-state index >= 15 is 0 Å². The van der Waals surface area contributed by atoms with Crippen molar-refractivity contribution >= 4 is 0 Å². The molecule has 2 saturated heterocycles. The first-order valence-electron chi connectivity index (χ1n) is 7.06. The molecule has 0 aliphatic carbocycles. The molecule has 2 rings (SSSR count). The van der Waals surface area contributed by atoms with E-state index in [9.17, 15) is 0 Å². The van der Waals surface area contributed by atoms with E-state index in [1.807, 2.05) is 0 Å². The van der Waals surface area contributed by atoms with Gasteiger partial charge in [0.25, 0.3) is 0 Å². The quantitative estimate of drug-likeness (QED) is 0.714. The van der Waals surface area contributed by atoms with Crippen LogP contribution in [0.2, 0.25) is 0 Å². The van der Waals surface area contributed by atoms with Crippen LogP contribution in [0.4, 0.5) is 0 Å². The third kappa shape index (κ3) is 4.21. The maximum Gasteiger partial charge on any atom is 0.0342 e. The number of hydrogen-bond donors (Lipinski definition) is 2. The van der Waals surface area contributed by atoms with Gasteiger partial charge in [-0.25, -0.2) is 0 Å². The van der Waals surface area contributed by atoms with Crippen molar-refractivity contribution in [3.63, 3.8) is 0 Å². The van der Waals surface area contributed by atoms with Gasteiger partial charge in [0, 0.05) is 38.8 Å². The first-order chi connectivity index (χ1) is 8.25. The summed E-state index contributed by atoms with van der Waals surface area (Å²) in [6.45, 7) is 8.32. The monoisotopic (exact) mass is 240 g/mol. The highest BCUT2D eigenvalue weighted by Gasteiger charge is 2.20. The molecule has 2 aliphatic heterocycles. The smallest absolute Gasteiger partial charge is 0.0342 e. The Morgan fingerprint density at radius 2 is 2.12 bits per heavy atom. The van der Waals surface area contributed by atoms with E-state index in [2.05, 4.69) is 34.5 Å². The minimum absolute atomic E-state index is 0.671. The minimum atomic E-state index is 0.671. The highest BCUT2D eigenvalue weighted by Crippen LogP contribution is 2.13. The molecule has 2 heterocycles. The lowest BCUT2D eigenvalue weighted by atomic mass is 9.98. The number of nitrogens with one attached hydrogen (secondary N) is 2. The maximum absolute atomic E-state index is 3.67. The van der Waals surface area contributed by atoms with Gasteiger partial charge in [0.2, 0.25) is 0 Å². The molecule has 17 heavy (non-hydrogen) atoms. The molecule has 4 heteroatoms. The van der Waals surface area contributed by atoms with Gasteiger partial charge in [0.05, 0.1) is 0 Å². The van der Waals surface area contributed by atoms with Crippen molar-refractivity contribution in [3.05, 3.63) is 0 Å². The number of likely N-dealkylation sites (tertiary alicyclic amines) is 1. The van der Waals surface area contributed by atoms with E-state index in [1.54, 1.807) is 0 Å². The van der Waals surface area contributed by atoms with Crippen molar-refractivity contribution in [1.82, 2.24) is 20.4 Å². The number of piperidine rings is 1. The maximum atomic E-state index is 3.67. The summed E-state index contributed by atoms with van der Waals surface area (Å²) in [4.78, 5) is 4.93. The summed E-state index contributed by atoms with van der Waals surface area (Å²) < 4.78 is 0. The molecule has 4 nitrogen and oxygen atoms in total. The minimum Gasteiger partial charge on any atom is -0.315 e. The van der Waals surface area contributed by atoms with Crippen LogP contribution in [0.15, 0.2) is 0 Å². The van der Waals surface area contributed by atoms with Crippen LogP contribution in [0.1, 0.15) is 12.8 Å². The summed E-state index contributed by atoms with van der Waals surface area (Å²) in [6.07, 6.45) is 2.77. The summed E-state index contributed by atoms with van der Waals surface area (Å²) in [5.74, 6) is 0.857. The van der Waals surface area contributed by atoms with Gasteiger partial charge in [-0.15, -0.1) is 0 Å². The van der Waals surface area contributed by atoms with Crippen molar-refractivity contribution < 1.29 is 0 Å². The van der Waals surface area contributed by atoms with Gasteiger partial charge < -0.3 is 15.5 Å². The second-order valence-corrected chi connectivity index (χ2v) is 5.77. The van der Waals surface area contributed by atoms with Gasteiger partial charge in [-0.05, 0) is 45.9 Å². The SMILES string of the molecule is CN1CCCC(CNCC2CNCCN2C)C1. The Morgan fingerprint density at radius 1 is 1.24 bits per heavy atom. The Hall–Kier alpha value is -0.160. The zero-order valence-electron chi connectivity index (χ0n) is 11.4. The van der Waals surface area contributed by atoms with Gasteiger partial charge in [-0.2, -0.15) is 0 Å². The summed E-state index contributed by atoms with van der Waals surface area (Å²) in [6, 6.07) is 0.671. The number of nitrogens with zero attached hydrogens (tertiary/aromatic N) is 2. The third-order valence-corrected chi connectivity index (χ3v) is 4.18. The zero-order chi connectivity index (χ0) is 12.1. The highest BCUT2D eigenvalue weighted by molar-refractivity contribution is 4.80. The second-order valence-electron chi connectivity index (χ2n) is 5.77. The number of rotatable bonds is 4. The van der Waals surface area contributed by atoms with Crippen molar-refractivity contribution in [2.24, 2.45) is 5.92 Å². The summed E-state index contributed by atoms with van der Waals surface area (Å²) in [5.41, 5.74) is 0. The van der Waals surface area contributed by atoms with Crippen LogP contribution in [0.25, 0.3) is 0 Å². The van der Waals surface area contributed by atoms with Gasteiger partial charge >= 0.3 is 0 Å². The third-order valence-electron chi connectivity index (χ3n) is 4.18. The van der Waals surface area contributed by atoms with Crippen molar-refractivity contribution in [2.75, 3.05) is 59.9 Å². The Morgan fingerprint density at radius 3 is 2.88 bits per heavy atom. The molecular weight excluding hydrogens is 212 g/mol. The number of piperazine rings is 1. The van der Waals surface area contributed by atoms with E-state index in [0.717, 1.165) is 25.6 Å². The van der Waals surface area contributed by atoms with Crippen molar-refractivity contribution in [3.8, 4) is 0 Å². The summed E-state index contributed by atoms with van der Waals surface area (Å²) >= 11 is 0. The standard InChI is InChI=1S/C13H28N4/c1-16-6-3-4-12(11-16)8-15-10-13-9-14-5-7-17(13)2/h12-15H,3-11H2,1-2H3. The molecule has 0 amide bonds. The van der Waals surface area contributed by atoms with Crippen LogP contribution < -0.4 is 10.6 Å². The fraction of sp³-hybridized carbons (Fsp3) is 1.00. The molecular formula is C13H28N4. The van der Waals surface area contributed by atoms with E-state index in [4.69, 9.17) is 0 Å². The van der Waals surface area contributed by atoms with Gasteiger partial charge in [-0.3, -0.25) is 4.90 Å². The van der Waals surface area contributed by atoms with Crippen molar-refractivity contribution in [2.45, 2.75) is 18.9 Å². The predicted molar refractivity (Wildman–Crippen MR) is 72.4 cm³/mol. The Labute approximate surface area is 106 Å². The molecule has 2 fully saturated rings.